The summed E-state index contributed by atoms with van der Waals surface area (Å²) >= 11 is 0. The van der Waals surface area contributed by atoms with Gasteiger partial charge in [0.25, 0.3) is 0 Å². The van der Waals surface area contributed by atoms with E-state index < -0.39 is 5.41 Å². The van der Waals surface area contributed by atoms with Gasteiger partial charge in [-0.2, -0.15) is 5.10 Å². The molecule has 0 saturated carbocycles. The average molecular weight is 391 g/mol. The summed E-state index contributed by atoms with van der Waals surface area (Å²) in [6, 6.07) is -0.213. The number of nitrogens with two attached hydrogens (primary N) is 1. The molecule has 0 aromatic carbocycles. The van der Waals surface area contributed by atoms with Crippen molar-refractivity contribution in [2.75, 3.05) is 33.9 Å². The van der Waals surface area contributed by atoms with Crippen molar-refractivity contribution in [1.29, 1.82) is 0 Å². The van der Waals surface area contributed by atoms with Gasteiger partial charge >= 0.3 is 0 Å². The van der Waals surface area contributed by atoms with Crippen LogP contribution >= 0.6 is 0 Å². The molecule has 0 radical (unpaired) electrons. The fraction of sp³-hybridized carbons (Fsp3) is 0.556. The molecule has 10 heteroatoms. The van der Waals surface area contributed by atoms with E-state index in [1.807, 2.05) is 38.8 Å². The molecule has 2 rings (SSSR count). The first kappa shape index (κ1) is 21.7. The van der Waals surface area contributed by atoms with Gasteiger partial charge in [-0.3, -0.25) is 4.99 Å². The van der Waals surface area contributed by atoms with Gasteiger partial charge in [-0.15, -0.1) is 10.6 Å². The van der Waals surface area contributed by atoms with Crippen LogP contribution in [-0.2, 0) is 9.57 Å². The number of aliphatic hydroxyl groups is 1. The van der Waals surface area contributed by atoms with Crippen molar-refractivity contribution < 1.29 is 14.7 Å². The van der Waals surface area contributed by atoms with Gasteiger partial charge < -0.3 is 25.3 Å². The highest BCUT2D eigenvalue weighted by Crippen LogP contribution is 2.30. The third-order valence-electron chi connectivity index (χ3n) is 4.55. The highest BCUT2D eigenvalue weighted by molar-refractivity contribution is 5.98. The van der Waals surface area contributed by atoms with Crippen LogP contribution in [0.2, 0.25) is 0 Å². The number of ether oxygens (including phenoxy) is 1. The van der Waals surface area contributed by atoms with Gasteiger partial charge in [0.15, 0.2) is 11.7 Å². The predicted octanol–water partition coefficient (Wildman–Crippen LogP) is 0.428. The maximum atomic E-state index is 9.94. The largest absolute Gasteiger partial charge is 0.413 e. The van der Waals surface area contributed by atoms with Crippen LogP contribution in [0.5, 0.6) is 0 Å². The van der Waals surface area contributed by atoms with E-state index in [0.29, 0.717) is 11.7 Å². The van der Waals surface area contributed by atoms with Crippen molar-refractivity contribution in [3.63, 3.8) is 0 Å². The molecule has 0 aromatic rings. The van der Waals surface area contributed by atoms with Crippen molar-refractivity contribution in [2.24, 2.45) is 31.3 Å². The van der Waals surface area contributed by atoms with E-state index in [2.05, 4.69) is 25.7 Å². The number of aliphatic hydroxyl groups excluding tert-OH is 1. The number of nitrogens with one attached hydrogen (secondary N) is 1. The lowest BCUT2D eigenvalue weighted by molar-refractivity contribution is 0.128. The topological polar surface area (TPSA) is 129 Å². The smallest absolute Gasteiger partial charge is 0.156 e. The lowest BCUT2D eigenvalue weighted by atomic mass is 9.83. The van der Waals surface area contributed by atoms with Gasteiger partial charge in [0.2, 0.25) is 0 Å². The standard InChI is InChI=1S/C18H29N7O3/c1-12-6-14(24-28-12)17-23-22-7-15(25(17)5)13(18(2,3)10-26)8-27-9-16(20-4)21-11-19/h6-7,11,14,24,26H,8-10H2,1-5H3,(H2,19,20,21). The predicted molar refractivity (Wildman–Crippen MR) is 110 cm³/mol. The lowest BCUT2D eigenvalue weighted by Gasteiger charge is -2.33. The number of hydroxylamine groups is 1. The van der Waals surface area contributed by atoms with Crippen LogP contribution in [0.25, 0.3) is 0 Å². The molecule has 2 heterocycles. The van der Waals surface area contributed by atoms with Crippen molar-refractivity contribution in [1.82, 2.24) is 10.4 Å². The minimum absolute atomic E-state index is 0.0528. The van der Waals surface area contributed by atoms with Crippen molar-refractivity contribution in [3.8, 4) is 0 Å². The first-order valence-corrected chi connectivity index (χ1v) is 8.91. The summed E-state index contributed by atoms with van der Waals surface area (Å²) < 4.78 is 5.82. The molecule has 1 unspecified atom stereocenters. The lowest BCUT2D eigenvalue weighted by Crippen LogP contribution is -2.44. The first-order valence-electron chi connectivity index (χ1n) is 8.91. The summed E-state index contributed by atoms with van der Waals surface area (Å²) in [7, 11) is 3.52. The van der Waals surface area contributed by atoms with Gasteiger partial charge in [0, 0.05) is 19.5 Å². The summed E-state index contributed by atoms with van der Waals surface area (Å²) in [5, 5.41) is 18.3. The van der Waals surface area contributed by atoms with E-state index in [0.717, 1.165) is 17.0 Å². The van der Waals surface area contributed by atoms with Gasteiger partial charge in [-0.05, 0) is 18.6 Å². The molecule has 0 bridgehead atoms. The van der Waals surface area contributed by atoms with Crippen LogP contribution in [0.4, 0.5) is 0 Å². The monoisotopic (exact) mass is 391 g/mol. The van der Waals surface area contributed by atoms with E-state index in [9.17, 15) is 5.11 Å². The molecule has 1 atom stereocenters. The van der Waals surface area contributed by atoms with Gasteiger partial charge in [0.1, 0.15) is 18.4 Å². The molecule has 4 N–H and O–H groups in total. The Labute approximate surface area is 165 Å². The number of nitrogens with zero attached hydrogens (tertiary/aromatic N) is 5. The zero-order chi connectivity index (χ0) is 20.7. The SMILES string of the molecule is CN=C(COCC(=C1C=NN=C(C2C=C(C)ON2)N1C)C(C)(C)CO)N=CN. The number of likely N-dealkylation sites (N-methyl/N-ethyl adjacent to an activating group) is 1. The van der Waals surface area contributed by atoms with Crippen LogP contribution in [-0.4, -0.2) is 74.2 Å². The molecule has 0 amide bonds. The number of hydrogen-bond acceptors (Lipinski definition) is 8. The Balaban J connectivity index is 2.28. The molecule has 0 spiro atoms. The number of aliphatic imine (C=N–C) groups is 2. The molecular formula is C18H29N7O3. The van der Waals surface area contributed by atoms with Crippen LogP contribution in [0.15, 0.2) is 43.3 Å². The number of allylic oxidation sites excluding steroid dienone is 2. The van der Waals surface area contributed by atoms with Gasteiger partial charge in [-0.1, -0.05) is 13.8 Å². The van der Waals surface area contributed by atoms with E-state index in [-0.39, 0.29) is 25.9 Å². The molecule has 154 valence electrons. The average Bonchev–Trinajstić information content (AvgIpc) is 3.11. The first-order chi connectivity index (χ1) is 13.3. The molecule has 2 aliphatic rings. The molecular weight excluding hydrogens is 362 g/mol. The fourth-order valence-corrected chi connectivity index (χ4v) is 2.76. The Kier molecular flexibility index (Phi) is 7.44. The second kappa shape index (κ2) is 9.58. The van der Waals surface area contributed by atoms with Crippen molar-refractivity contribution >= 4 is 24.2 Å². The minimum atomic E-state index is -0.538. The van der Waals surface area contributed by atoms with E-state index in [1.165, 1.54) is 6.34 Å². The highest BCUT2D eigenvalue weighted by Gasteiger charge is 2.32. The Bertz CT molecular complexity index is 750. The van der Waals surface area contributed by atoms with Gasteiger partial charge in [0.05, 0.1) is 31.5 Å². The molecule has 0 aliphatic carbocycles. The summed E-state index contributed by atoms with van der Waals surface area (Å²) in [5.41, 5.74) is 9.38. The van der Waals surface area contributed by atoms with Gasteiger partial charge in [-0.25, -0.2) is 4.99 Å². The molecule has 28 heavy (non-hydrogen) atoms. The third kappa shape index (κ3) is 5.03. The maximum Gasteiger partial charge on any atom is 0.156 e. The van der Waals surface area contributed by atoms with E-state index in [1.54, 1.807) is 13.3 Å². The second-order valence-corrected chi connectivity index (χ2v) is 7.05. The minimum Gasteiger partial charge on any atom is -0.413 e. The van der Waals surface area contributed by atoms with E-state index >= 15 is 0 Å². The number of amidine groups is 2. The summed E-state index contributed by atoms with van der Waals surface area (Å²) in [5.74, 6) is 1.94. The molecule has 2 aliphatic heterocycles. The highest BCUT2D eigenvalue weighted by atomic mass is 16.7. The molecule has 0 fully saturated rings. The second-order valence-electron chi connectivity index (χ2n) is 7.05. The molecule has 0 aromatic heterocycles. The molecule has 10 nitrogen and oxygen atoms in total. The summed E-state index contributed by atoms with van der Waals surface area (Å²) in [6.45, 7) is 6.16. The Morgan fingerprint density at radius 2 is 2.25 bits per heavy atom. The van der Waals surface area contributed by atoms with Crippen molar-refractivity contribution in [3.05, 3.63) is 23.1 Å². The van der Waals surface area contributed by atoms with Crippen LogP contribution < -0.4 is 11.2 Å². The summed E-state index contributed by atoms with van der Waals surface area (Å²) in [6.07, 6.45) is 4.77. The maximum absolute atomic E-state index is 9.94. The normalized spacial score (nSPS) is 22.4. The zero-order valence-corrected chi connectivity index (χ0v) is 17.0. The van der Waals surface area contributed by atoms with Crippen molar-refractivity contribution in [2.45, 2.75) is 26.8 Å². The third-order valence-corrected chi connectivity index (χ3v) is 4.55. The molecule has 0 saturated heterocycles. The Morgan fingerprint density at radius 1 is 1.50 bits per heavy atom. The zero-order valence-electron chi connectivity index (χ0n) is 17.0. The van der Waals surface area contributed by atoms with E-state index in [4.69, 9.17) is 15.3 Å². The fourth-order valence-electron chi connectivity index (χ4n) is 2.76. The van der Waals surface area contributed by atoms with Crippen LogP contribution in [0.1, 0.15) is 20.8 Å². The van der Waals surface area contributed by atoms with Crippen LogP contribution in [0.3, 0.4) is 0 Å². The number of hydrogen-bond donors (Lipinski definition) is 3. The number of rotatable bonds is 7. The summed E-state index contributed by atoms with van der Waals surface area (Å²) in [4.78, 5) is 15.2. The van der Waals surface area contributed by atoms with Crippen LogP contribution in [0, 0.1) is 5.41 Å². The quantitative estimate of drug-likeness (QED) is 0.426. The Morgan fingerprint density at radius 3 is 2.82 bits per heavy atom. The Hall–Kier alpha value is -2.56.